The molecule has 0 aromatic heterocycles. The Morgan fingerprint density at radius 2 is 2.05 bits per heavy atom. The molecule has 2 aliphatic rings. The number of piperidine rings is 1. The smallest absolute Gasteiger partial charge is 0.309 e. The molecular formula is C17H20ClNO3. The maximum atomic E-state index is 12.6. The number of amides is 1. The Labute approximate surface area is 135 Å². The van der Waals surface area contributed by atoms with Crippen molar-refractivity contribution in [2.24, 2.45) is 11.8 Å². The van der Waals surface area contributed by atoms with Crippen molar-refractivity contribution < 1.29 is 14.3 Å². The minimum absolute atomic E-state index is 0.0552. The summed E-state index contributed by atoms with van der Waals surface area (Å²) >= 11 is 6.39. The summed E-state index contributed by atoms with van der Waals surface area (Å²) in [4.78, 5) is 26.4. The molecule has 2 fully saturated rings. The van der Waals surface area contributed by atoms with Crippen LogP contribution in [0.25, 0.3) is 0 Å². The average Bonchev–Trinajstić information content (AvgIpc) is 2.57. The Morgan fingerprint density at radius 1 is 1.32 bits per heavy atom. The molecule has 118 valence electrons. The molecule has 0 unspecified atom stereocenters. The van der Waals surface area contributed by atoms with Crippen molar-refractivity contribution in [3.8, 4) is 0 Å². The second-order valence-corrected chi connectivity index (χ2v) is 6.58. The fourth-order valence-electron chi connectivity index (χ4n) is 3.74. The van der Waals surface area contributed by atoms with E-state index in [0.29, 0.717) is 6.54 Å². The van der Waals surface area contributed by atoms with Gasteiger partial charge in [-0.3, -0.25) is 9.59 Å². The Morgan fingerprint density at radius 3 is 2.73 bits per heavy atom. The summed E-state index contributed by atoms with van der Waals surface area (Å²) < 4.78 is 4.86. The maximum absolute atomic E-state index is 12.6. The van der Waals surface area contributed by atoms with Gasteiger partial charge >= 0.3 is 5.97 Å². The van der Waals surface area contributed by atoms with Crippen LogP contribution in [0.2, 0.25) is 0 Å². The van der Waals surface area contributed by atoms with E-state index in [9.17, 15) is 9.59 Å². The van der Waals surface area contributed by atoms with E-state index in [1.54, 1.807) is 0 Å². The van der Waals surface area contributed by atoms with Gasteiger partial charge in [0, 0.05) is 12.6 Å². The van der Waals surface area contributed by atoms with E-state index < -0.39 is 5.38 Å². The summed E-state index contributed by atoms with van der Waals surface area (Å²) in [6, 6.07) is 10.1. The highest BCUT2D eigenvalue weighted by Crippen LogP contribution is 2.42. The number of rotatable bonds is 3. The van der Waals surface area contributed by atoms with Crippen molar-refractivity contribution in [3.63, 3.8) is 0 Å². The Bertz CT molecular complexity index is 562. The number of ether oxygens (including phenoxy) is 1. The number of fused-ring (bicyclic) bond motifs is 2. The third-order valence-corrected chi connectivity index (χ3v) is 5.42. The Hall–Kier alpha value is -1.55. The Kier molecular flexibility index (Phi) is 4.39. The molecule has 22 heavy (non-hydrogen) atoms. The SMILES string of the molecule is COC(=O)[C@H]1CC[C@@H]2C[C@H]1[C@H](Cl)C(=O)N2Cc1ccccc1. The van der Waals surface area contributed by atoms with Gasteiger partial charge in [0.2, 0.25) is 5.91 Å². The zero-order valence-electron chi connectivity index (χ0n) is 12.6. The highest BCUT2D eigenvalue weighted by atomic mass is 35.5. The molecule has 1 heterocycles. The second kappa shape index (κ2) is 6.29. The van der Waals surface area contributed by atoms with Gasteiger partial charge in [0.05, 0.1) is 13.0 Å². The van der Waals surface area contributed by atoms with Crippen LogP contribution in [-0.2, 0) is 20.9 Å². The van der Waals surface area contributed by atoms with Gasteiger partial charge in [-0.05, 0) is 30.7 Å². The molecule has 0 radical (unpaired) electrons. The average molecular weight is 322 g/mol. The molecule has 2 bridgehead atoms. The van der Waals surface area contributed by atoms with E-state index in [1.165, 1.54) is 7.11 Å². The third-order valence-electron chi connectivity index (χ3n) is 4.91. The molecular weight excluding hydrogens is 302 g/mol. The topological polar surface area (TPSA) is 46.6 Å². The standard InChI is InChI=1S/C17H20ClNO3/c1-22-17(21)13-8-7-12-9-14(13)15(18)16(20)19(12)10-11-5-3-2-4-6-11/h2-6,12-15H,7-10H2,1H3/t12-,13+,14-,15+/m1/s1. The summed E-state index contributed by atoms with van der Waals surface area (Å²) in [5.41, 5.74) is 1.10. The molecule has 4 atom stereocenters. The molecule has 1 aromatic carbocycles. The number of alkyl halides is 1. The molecule has 1 saturated carbocycles. The van der Waals surface area contributed by atoms with Crippen LogP contribution in [0.4, 0.5) is 0 Å². The van der Waals surface area contributed by atoms with Crippen LogP contribution in [0, 0.1) is 11.8 Å². The number of carbonyl (C=O) groups excluding carboxylic acids is 2. The van der Waals surface area contributed by atoms with E-state index >= 15 is 0 Å². The quantitative estimate of drug-likeness (QED) is 0.635. The van der Waals surface area contributed by atoms with Crippen molar-refractivity contribution in [2.75, 3.05) is 7.11 Å². The number of methoxy groups -OCH3 is 1. The number of halogens is 1. The van der Waals surface area contributed by atoms with Crippen molar-refractivity contribution in [2.45, 2.75) is 37.2 Å². The Balaban J connectivity index is 1.78. The summed E-state index contributed by atoms with van der Waals surface area (Å²) in [6.45, 7) is 0.586. The summed E-state index contributed by atoms with van der Waals surface area (Å²) in [5, 5.41) is -0.635. The van der Waals surface area contributed by atoms with E-state index in [0.717, 1.165) is 24.8 Å². The van der Waals surface area contributed by atoms with Crippen LogP contribution in [0.15, 0.2) is 30.3 Å². The van der Waals surface area contributed by atoms with E-state index in [4.69, 9.17) is 16.3 Å². The van der Waals surface area contributed by atoms with Crippen molar-refractivity contribution in [1.29, 1.82) is 0 Å². The van der Waals surface area contributed by atoms with Gasteiger partial charge in [-0.1, -0.05) is 30.3 Å². The molecule has 1 saturated heterocycles. The molecule has 1 aromatic rings. The minimum Gasteiger partial charge on any atom is -0.469 e. The summed E-state index contributed by atoms with van der Waals surface area (Å²) in [5.74, 6) is -0.641. The van der Waals surface area contributed by atoms with Crippen molar-refractivity contribution in [1.82, 2.24) is 4.90 Å². The molecule has 0 N–H and O–H groups in total. The number of carbonyl (C=O) groups is 2. The number of nitrogens with zero attached hydrogens (tertiary/aromatic N) is 1. The predicted molar refractivity (Wildman–Crippen MR) is 83.3 cm³/mol. The van der Waals surface area contributed by atoms with E-state index in [1.807, 2.05) is 35.2 Å². The molecule has 0 spiro atoms. The fourth-order valence-corrected chi connectivity index (χ4v) is 4.15. The second-order valence-electron chi connectivity index (χ2n) is 6.11. The van der Waals surface area contributed by atoms with Crippen LogP contribution in [0.3, 0.4) is 0 Å². The zero-order chi connectivity index (χ0) is 15.7. The molecule has 5 heteroatoms. The van der Waals surface area contributed by atoms with Gasteiger partial charge in [0.25, 0.3) is 0 Å². The molecule has 3 rings (SSSR count). The first-order valence-electron chi connectivity index (χ1n) is 7.68. The first-order chi connectivity index (χ1) is 10.6. The van der Waals surface area contributed by atoms with Crippen LogP contribution in [0.1, 0.15) is 24.8 Å². The van der Waals surface area contributed by atoms with Gasteiger partial charge in [0.15, 0.2) is 0 Å². The fraction of sp³-hybridized carbons (Fsp3) is 0.529. The number of benzene rings is 1. The molecule has 1 aliphatic heterocycles. The monoisotopic (exact) mass is 321 g/mol. The van der Waals surface area contributed by atoms with Crippen molar-refractivity contribution >= 4 is 23.5 Å². The van der Waals surface area contributed by atoms with Crippen LogP contribution in [-0.4, -0.2) is 35.3 Å². The molecule has 4 nitrogen and oxygen atoms in total. The summed E-state index contributed by atoms with van der Waals surface area (Å²) in [6.07, 6.45) is 2.36. The zero-order valence-corrected chi connectivity index (χ0v) is 13.3. The van der Waals surface area contributed by atoms with E-state index in [2.05, 4.69) is 0 Å². The third kappa shape index (κ3) is 2.72. The van der Waals surface area contributed by atoms with Gasteiger partial charge < -0.3 is 9.64 Å². The largest absolute Gasteiger partial charge is 0.469 e. The van der Waals surface area contributed by atoms with Gasteiger partial charge in [0.1, 0.15) is 5.38 Å². The summed E-state index contributed by atoms with van der Waals surface area (Å²) in [7, 11) is 1.39. The van der Waals surface area contributed by atoms with Crippen molar-refractivity contribution in [3.05, 3.63) is 35.9 Å². The highest BCUT2D eigenvalue weighted by Gasteiger charge is 2.49. The first-order valence-corrected chi connectivity index (χ1v) is 8.11. The number of esters is 1. The lowest BCUT2D eigenvalue weighted by molar-refractivity contribution is -0.154. The van der Waals surface area contributed by atoms with E-state index in [-0.39, 0.29) is 29.8 Å². The predicted octanol–water partition coefficient (Wildman–Crippen LogP) is 2.59. The lowest BCUT2D eigenvalue weighted by Gasteiger charge is -2.47. The van der Waals surface area contributed by atoms with Gasteiger partial charge in [-0.2, -0.15) is 0 Å². The first kappa shape index (κ1) is 15.3. The lowest BCUT2D eigenvalue weighted by Crippen LogP contribution is -2.57. The van der Waals surface area contributed by atoms with Gasteiger partial charge in [-0.15, -0.1) is 11.6 Å². The highest BCUT2D eigenvalue weighted by molar-refractivity contribution is 6.31. The van der Waals surface area contributed by atoms with Crippen LogP contribution >= 0.6 is 11.6 Å². The van der Waals surface area contributed by atoms with Crippen LogP contribution < -0.4 is 0 Å². The van der Waals surface area contributed by atoms with Gasteiger partial charge in [-0.25, -0.2) is 0 Å². The van der Waals surface area contributed by atoms with Crippen LogP contribution in [0.5, 0.6) is 0 Å². The number of hydrogen-bond donors (Lipinski definition) is 0. The molecule has 1 amide bonds. The molecule has 1 aliphatic carbocycles. The minimum atomic E-state index is -0.635. The normalized spacial score (nSPS) is 31.0. The number of likely N-dealkylation sites (tertiary alicyclic amines) is 1. The lowest BCUT2D eigenvalue weighted by atomic mass is 9.71. The maximum Gasteiger partial charge on any atom is 0.309 e. The number of hydrogen-bond acceptors (Lipinski definition) is 3.